The molecule has 8 heteroatoms. The molecule has 0 aliphatic heterocycles. The maximum absolute atomic E-state index is 11.6. The highest BCUT2D eigenvalue weighted by atomic mass is 79.9. The van der Waals surface area contributed by atoms with Crippen molar-refractivity contribution >= 4 is 56.6 Å². The van der Waals surface area contributed by atoms with Gasteiger partial charge in [-0.05, 0) is 56.8 Å². The van der Waals surface area contributed by atoms with Gasteiger partial charge in [-0.1, -0.05) is 0 Å². The number of hydrogen-bond donors (Lipinski definition) is 1. The van der Waals surface area contributed by atoms with Crippen molar-refractivity contribution in [3.05, 3.63) is 19.2 Å². The van der Waals surface area contributed by atoms with E-state index in [1.807, 2.05) is 6.07 Å². The first kappa shape index (κ1) is 16.5. The van der Waals surface area contributed by atoms with Gasteiger partial charge in [-0.25, -0.2) is 0 Å². The van der Waals surface area contributed by atoms with E-state index in [9.17, 15) is 14.3 Å². The topological polar surface area (TPSA) is 63.6 Å². The van der Waals surface area contributed by atoms with Crippen molar-refractivity contribution in [2.24, 2.45) is 0 Å². The second-order valence-corrected chi connectivity index (χ2v) is 9.20. The van der Waals surface area contributed by atoms with Gasteiger partial charge in [-0.3, -0.25) is 9.36 Å². The van der Waals surface area contributed by atoms with E-state index in [2.05, 4.69) is 36.4 Å². The third-order valence-electron chi connectivity index (χ3n) is 2.11. The molecule has 1 N–H and O–H groups in total. The summed E-state index contributed by atoms with van der Waals surface area (Å²) < 4.78 is 18.0. The van der Waals surface area contributed by atoms with Gasteiger partial charge in [0.05, 0.1) is 14.2 Å². The summed E-state index contributed by atoms with van der Waals surface area (Å²) in [5.74, 6) is -0.261. The minimum absolute atomic E-state index is 0.129. The first-order valence-corrected chi connectivity index (χ1v) is 9.42. The molecule has 0 saturated heterocycles. The van der Waals surface area contributed by atoms with E-state index < -0.39 is 13.8 Å². The van der Waals surface area contributed by atoms with Crippen LogP contribution in [0.25, 0.3) is 0 Å². The van der Waals surface area contributed by atoms with Crippen LogP contribution in [0.3, 0.4) is 0 Å². The monoisotopic (exact) mass is 418 g/mol. The number of ketones is 1. The van der Waals surface area contributed by atoms with Gasteiger partial charge < -0.3 is 9.42 Å². The van der Waals surface area contributed by atoms with Crippen LogP contribution in [-0.4, -0.2) is 23.4 Å². The maximum atomic E-state index is 11.6. The number of carbonyl (C=O) groups excluding carboxylic acids is 1. The fraction of sp³-hybridized carbons (Fsp3) is 0.500. The van der Waals surface area contributed by atoms with Gasteiger partial charge in [-0.15, -0.1) is 11.3 Å². The van der Waals surface area contributed by atoms with E-state index in [0.29, 0.717) is 6.42 Å². The zero-order valence-corrected chi connectivity index (χ0v) is 14.6. The first-order chi connectivity index (χ1) is 8.34. The molecule has 1 heterocycles. The van der Waals surface area contributed by atoms with Crippen molar-refractivity contribution in [1.29, 1.82) is 0 Å². The lowest BCUT2D eigenvalue weighted by molar-refractivity contribution is -0.116. The first-order valence-electron chi connectivity index (χ1n) is 5.26. The van der Waals surface area contributed by atoms with Gasteiger partial charge in [0.2, 0.25) is 0 Å². The Morgan fingerprint density at radius 2 is 2.22 bits per heavy atom. The highest BCUT2D eigenvalue weighted by Gasteiger charge is 2.23. The van der Waals surface area contributed by atoms with Crippen molar-refractivity contribution in [1.82, 2.24) is 0 Å². The highest BCUT2D eigenvalue weighted by molar-refractivity contribution is 9.12. The molecule has 1 aromatic heterocycles. The van der Waals surface area contributed by atoms with Crippen LogP contribution in [0.15, 0.2) is 13.6 Å². The summed E-state index contributed by atoms with van der Waals surface area (Å²) in [6, 6.07) is 1.93. The molecule has 0 saturated carbocycles. The standard InChI is InChI=1S/C10H13Br2O4PS/c1-2-16-17(14,15)6-8(13)4-3-7-5-9(11)18-10(7)12/h5H,2-4,6H2,1H3,(H,14,15). The minimum atomic E-state index is -3.74. The molecule has 0 aliphatic carbocycles. The molecule has 0 amide bonds. The zero-order valence-electron chi connectivity index (χ0n) is 9.69. The summed E-state index contributed by atoms with van der Waals surface area (Å²) in [6.45, 7) is 1.75. The Hall–Kier alpha value is 0.480. The second-order valence-electron chi connectivity index (χ2n) is 3.60. The van der Waals surface area contributed by atoms with Crippen LogP contribution in [0.2, 0.25) is 0 Å². The van der Waals surface area contributed by atoms with Crippen molar-refractivity contribution in [2.75, 3.05) is 12.8 Å². The Morgan fingerprint density at radius 3 is 2.72 bits per heavy atom. The molecule has 1 rings (SSSR count). The number of aryl methyl sites for hydroxylation is 1. The van der Waals surface area contributed by atoms with Gasteiger partial charge >= 0.3 is 7.60 Å². The Morgan fingerprint density at radius 1 is 1.56 bits per heavy atom. The highest BCUT2D eigenvalue weighted by Crippen LogP contribution is 2.41. The summed E-state index contributed by atoms with van der Waals surface area (Å²) in [6.07, 6.45) is 0.372. The Kier molecular flexibility index (Phi) is 6.72. The van der Waals surface area contributed by atoms with Gasteiger partial charge in [0.1, 0.15) is 11.9 Å². The number of thiophene rings is 1. The van der Waals surface area contributed by atoms with Crippen molar-refractivity contribution in [3.63, 3.8) is 0 Å². The van der Waals surface area contributed by atoms with Crippen LogP contribution in [-0.2, 0) is 20.3 Å². The number of halogens is 2. The Labute approximate surface area is 127 Å². The van der Waals surface area contributed by atoms with Crippen LogP contribution >= 0.6 is 50.8 Å². The number of hydrogen-bond acceptors (Lipinski definition) is 4. The largest absolute Gasteiger partial charge is 0.335 e. The van der Waals surface area contributed by atoms with Gasteiger partial charge in [0.15, 0.2) is 0 Å². The molecular weight excluding hydrogens is 407 g/mol. The summed E-state index contributed by atoms with van der Waals surface area (Å²) >= 11 is 8.30. The third kappa shape index (κ3) is 5.63. The normalized spacial score (nSPS) is 14.4. The van der Waals surface area contributed by atoms with Crippen LogP contribution in [0.4, 0.5) is 0 Å². The van der Waals surface area contributed by atoms with Gasteiger partial charge in [0.25, 0.3) is 0 Å². The van der Waals surface area contributed by atoms with Crippen molar-refractivity contribution in [3.8, 4) is 0 Å². The minimum Gasteiger partial charge on any atom is -0.324 e. The fourth-order valence-corrected chi connectivity index (χ4v) is 5.38. The molecule has 0 fully saturated rings. The Balaban J connectivity index is 2.47. The molecular formula is C10H13Br2O4PS. The van der Waals surface area contributed by atoms with E-state index in [0.717, 1.165) is 13.1 Å². The SMILES string of the molecule is CCOP(=O)(O)CC(=O)CCc1cc(Br)sc1Br. The number of carbonyl (C=O) groups is 1. The van der Waals surface area contributed by atoms with Crippen LogP contribution < -0.4 is 0 Å². The molecule has 1 atom stereocenters. The lowest BCUT2D eigenvalue weighted by atomic mass is 10.1. The third-order valence-corrected chi connectivity index (χ3v) is 5.99. The predicted octanol–water partition coefficient (Wildman–Crippen LogP) is 4.00. The molecule has 18 heavy (non-hydrogen) atoms. The second kappa shape index (κ2) is 7.31. The number of rotatable bonds is 7. The van der Waals surface area contributed by atoms with Gasteiger partial charge in [-0.2, -0.15) is 0 Å². The maximum Gasteiger partial charge on any atom is 0.335 e. The average molecular weight is 420 g/mol. The summed E-state index contributed by atoms with van der Waals surface area (Å²) in [7, 11) is -3.74. The zero-order chi connectivity index (χ0) is 13.8. The molecule has 0 spiro atoms. The molecule has 0 bridgehead atoms. The fourth-order valence-electron chi connectivity index (χ4n) is 1.37. The van der Waals surface area contributed by atoms with E-state index in [1.54, 1.807) is 6.92 Å². The van der Waals surface area contributed by atoms with Gasteiger partial charge in [0, 0.05) is 6.42 Å². The molecule has 4 nitrogen and oxygen atoms in total. The molecule has 1 unspecified atom stereocenters. The van der Waals surface area contributed by atoms with Crippen LogP contribution in [0.5, 0.6) is 0 Å². The molecule has 1 aromatic rings. The van der Waals surface area contributed by atoms with Crippen molar-refractivity contribution in [2.45, 2.75) is 19.8 Å². The number of Topliss-reactive ketones (excluding diaryl/α,β-unsaturated/α-hetero) is 1. The quantitative estimate of drug-likeness (QED) is 0.678. The van der Waals surface area contributed by atoms with E-state index in [1.165, 1.54) is 11.3 Å². The smallest absolute Gasteiger partial charge is 0.324 e. The predicted molar refractivity (Wildman–Crippen MR) is 79.4 cm³/mol. The average Bonchev–Trinajstić information content (AvgIpc) is 2.53. The summed E-state index contributed by atoms with van der Waals surface area (Å²) in [4.78, 5) is 20.9. The van der Waals surface area contributed by atoms with Crippen LogP contribution in [0, 0.1) is 0 Å². The Bertz CT molecular complexity index is 474. The summed E-state index contributed by atoms with van der Waals surface area (Å²) in [5, 5.41) is 0. The van der Waals surface area contributed by atoms with E-state index in [4.69, 9.17) is 0 Å². The molecule has 102 valence electrons. The van der Waals surface area contributed by atoms with Crippen LogP contribution in [0.1, 0.15) is 18.9 Å². The molecule has 0 aliphatic rings. The molecule has 0 aromatic carbocycles. The lowest BCUT2D eigenvalue weighted by Crippen LogP contribution is -2.08. The van der Waals surface area contributed by atoms with Crippen molar-refractivity contribution < 1.29 is 18.8 Å². The van der Waals surface area contributed by atoms with E-state index >= 15 is 0 Å². The molecule has 0 radical (unpaired) electrons. The van der Waals surface area contributed by atoms with E-state index in [-0.39, 0.29) is 18.8 Å². The lowest BCUT2D eigenvalue weighted by Gasteiger charge is -2.09. The summed E-state index contributed by atoms with van der Waals surface area (Å²) in [5.41, 5.74) is 1.02.